The lowest BCUT2D eigenvalue weighted by Crippen LogP contribution is -2.11. The monoisotopic (exact) mass is 247 g/mol. The van der Waals surface area contributed by atoms with Gasteiger partial charge in [0.1, 0.15) is 0 Å². The summed E-state index contributed by atoms with van der Waals surface area (Å²) in [6.07, 6.45) is 4.98. The lowest BCUT2D eigenvalue weighted by molar-refractivity contribution is 0.482. The van der Waals surface area contributed by atoms with Gasteiger partial charge in [0, 0.05) is 0 Å². The van der Waals surface area contributed by atoms with Gasteiger partial charge < -0.3 is 5.32 Å². The second-order valence-corrected chi connectivity index (χ2v) is 5.95. The lowest BCUT2D eigenvalue weighted by atomic mass is 9.96. The molecule has 1 aromatic carbocycles. The molecule has 1 heteroatoms. The Kier molecular flexibility index (Phi) is 7.04. The molecule has 0 bridgehead atoms. The molecule has 0 saturated carbocycles. The van der Waals surface area contributed by atoms with Crippen LogP contribution in [0.2, 0.25) is 0 Å². The van der Waals surface area contributed by atoms with Crippen LogP contribution >= 0.6 is 0 Å². The summed E-state index contributed by atoms with van der Waals surface area (Å²) >= 11 is 0. The number of hydrogen-bond acceptors (Lipinski definition) is 1. The van der Waals surface area contributed by atoms with Gasteiger partial charge in [-0.25, -0.2) is 0 Å². The molecule has 0 aromatic heterocycles. The zero-order valence-corrected chi connectivity index (χ0v) is 12.5. The summed E-state index contributed by atoms with van der Waals surface area (Å²) in [4.78, 5) is 0. The number of hydrogen-bond donors (Lipinski definition) is 1. The lowest BCUT2D eigenvalue weighted by Gasteiger charge is -2.11. The third-order valence-electron chi connectivity index (χ3n) is 3.48. The van der Waals surface area contributed by atoms with Gasteiger partial charge in [-0.3, -0.25) is 0 Å². The van der Waals surface area contributed by atoms with Crippen LogP contribution in [0.3, 0.4) is 0 Å². The molecule has 1 nitrogen and oxygen atoms in total. The van der Waals surface area contributed by atoms with E-state index in [0.717, 1.165) is 18.4 Å². The fourth-order valence-corrected chi connectivity index (χ4v) is 2.26. The van der Waals surface area contributed by atoms with E-state index in [2.05, 4.69) is 50.4 Å². The van der Waals surface area contributed by atoms with Crippen LogP contribution < -0.4 is 5.32 Å². The van der Waals surface area contributed by atoms with Crippen molar-refractivity contribution < 1.29 is 0 Å². The second-order valence-electron chi connectivity index (χ2n) is 5.95. The van der Waals surface area contributed by atoms with Gasteiger partial charge in [0.05, 0.1) is 0 Å². The average Bonchev–Trinajstić information content (AvgIpc) is 2.35. The molecular formula is C17H29N. The fourth-order valence-electron chi connectivity index (χ4n) is 2.26. The van der Waals surface area contributed by atoms with Crippen molar-refractivity contribution in [2.75, 3.05) is 13.6 Å². The highest BCUT2D eigenvalue weighted by Gasteiger charge is 2.03. The Labute approximate surface area is 113 Å². The van der Waals surface area contributed by atoms with Gasteiger partial charge in [-0.05, 0) is 62.2 Å². The van der Waals surface area contributed by atoms with Crippen LogP contribution in [0.25, 0.3) is 0 Å². The van der Waals surface area contributed by atoms with Gasteiger partial charge in [-0.2, -0.15) is 0 Å². The summed E-state index contributed by atoms with van der Waals surface area (Å²) in [7, 11) is 2.03. The van der Waals surface area contributed by atoms with Crippen LogP contribution in [-0.4, -0.2) is 13.6 Å². The van der Waals surface area contributed by atoms with Crippen molar-refractivity contribution in [1.29, 1.82) is 0 Å². The maximum absolute atomic E-state index is 3.22. The SMILES string of the molecule is CNCCC(C)CCc1ccc(CC(C)C)cc1. The first-order valence-electron chi connectivity index (χ1n) is 7.34. The Hall–Kier alpha value is -0.820. The van der Waals surface area contributed by atoms with Crippen LogP contribution in [0, 0.1) is 11.8 Å². The minimum atomic E-state index is 0.748. The summed E-state index contributed by atoms with van der Waals surface area (Å²) in [6, 6.07) is 9.21. The van der Waals surface area contributed by atoms with Crippen molar-refractivity contribution in [3.05, 3.63) is 35.4 Å². The van der Waals surface area contributed by atoms with Crippen molar-refractivity contribution in [2.45, 2.75) is 46.5 Å². The standard InChI is InChI=1S/C17H29N/c1-14(2)13-17-9-7-16(8-10-17)6-5-15(3)11-12-18-4/h7-10,14-15,18H,5-6,11-13H2,1-4H3. The van der Waals surface area contributed by atoms with Crippen LogP contribution in [0.5, 0.6) is 0 Å². The third-order valence-corrected chi connectivity index (χ3v) is 3.48. The molecule has 0 fully saturated rings. The zero-order valence-electron chi connectivity index (χ0n) is 12.5. The zero-order chi connectivity index (χ0) is 13.4. The van der Waals surface area contributed by atoms with Crippen LogP contribution in [0.4, 0.5) is 0 Å². The summed E-state index contributed by atoms with van der Waals surface area (Å²) in [5.41, 5.74) is 2.95. The highest BCUT2D eigenvalue weighted by Crippen LogP contribution is 2.14. The van der Waals surface area contributed by atoms with Gasteiger partial charge in [-0.15, -0.1) is 0 Å². The Morgan fingerprint density at radius 2 is 1.56 bits per heavy atom. The van der Waals surface area contributed by atoms with E-state index < -0.39 is 0 Å². The highest BCUT2D eigenvalue weighted by atomic mass is 14.8. The molecule has 0 saturated heterocycles. The number of benzene rings is 1. The van der Waals surface area contributed by atoms with E-state index in [0.29, 0.717) is 0 Å². The van der Waals surface area contributed by atoms with E-state index in [4.69, 9.17) is 0 Å². The minimum absolute atomic E-state index is 0.748. The fraction of sp³-hybridized carbons (Fsp3) is 0.647. The molecule has 18 heavy (non-hydrogen) atoms. The van der Waals surface area contributed by atoms with E-state index in [1.54, 1.807) is 0 Å². The smallest absolute Gasteiger partial charge is 0.00494 e. The Bertz CT molecular complexity index is 313. The maximum atomic E-state index is 3.22. The molecule has 0 aliphatic rings. The molecule has 1 N–H and O–H groups in total. The van der Waals surface area contributed by atoms with Gasteiger partial charge in [-0.1, -0.05) is 45.0 Å². The van der Waals surface area contributed by atoms with Crippen molar-refractivity contribution in [2.24, 2.45) is 11.8 Å². The first-order chi connectivity index (χ1) is 8.61. The molecular weight excluding hydrogens is 218 g/mol. The molecule has 0 aliphatic carbocycles. The van der Waals surface area contributed by atoms with Gasteiger partial charge in [0.2, 0.25) is 0 Å². The Morgan fingerprint density at radius 3 is 2.11 bits per heavy atom. The third kappa shape index (κ3) is 6.20. The topological polar surface area (TPSA) is 12.0 Å². The maximum Gasteiger partial charge on any atom is -0.00494 e. The van der Waals surface area contributed by atoms with E-state index >= 15 is 0 Å². The summed E-state index contributed by atoms with van der Waals surface area (Å²) in [6.45, 7) is 8.04. The van der Waals surface area contributed by atoms with Crippen molar-refractivity contribution in [1.82, 2.24) is 5.32 Å². The van der Waals surface area contributed by atoms with E-state index in [1.807, 2.05) is 7.05 Å². The number of rotatable bonds is 8. The van der Waals surface area contributed by atoms with Gasteiger partial charge >= 0.3 is 0 Å². The number of nitrogens with one attached hydrogen (secondary N) is 1. The van der Waals surface area contributed by atoms with Crippen molar-refractivity contribution >= 4 is 0 Å². The Balaban J connectivity index is 2.34. The van der Waals surface area contributed by atoms with Gasteiger partial charge in [0.15, 0.2) is 0 Å². The molecule has 1 aromatic rings. The van der Waals surface area contributed by atoms with E-state index in [-0.39, 0.29) is 0 Å². The average molecular weight is 247 g/mol. The molecule has 1 atom stereocenters. The van der Waals surface area contributed by atoms with Gasteiger partial charge in [0.25, 0.3) is 0 Å². The van der Waals surface area contributed by atoms with Crippen molar-refractivity contribution in [3.63, 3.8) is 0 Å². The Morgan fingerprint density at radius 1 is 0.944 bits per heavy atom. The van der Waals surface area contributed by atoms with E-state index in [1.165, 1.54) is 36.8 Å². The second kappa shape index (κ2) is 8.31. The quantitative estimate of drug-likeness (QED) is 0.730. The first-order valence-corrected chi connectivity index (χ1v) is 7.34. The van der Waals surface area contributed by atoms with Crippen LogP contribution in [0.15, 0.2) is 24.3 Å². The molecule has 1 rings (SSSR count). The molecule has 0 amide bonds. The van der Waals surface area contributed by atoms with Crippen LogP contribution in [0.1, 0.15) is 44.7 Å². The molecule has 0 heterocycles. The molecule has 0 aliphatic heterocycles. The summed E-state index contributed by atoms with van der Waals surface area (Å²) < 4.78 is 0. The van der Waals surface area contributed by atoms with Crippen LogP contribution in [-0.2, 0) is 12.8 Å². The summed E-state index contributed by atoms with van der Waals surface area (Å²) in [5.74, 6) is 1.56. The molecule has 1 unspecified atom stereocenters. The molecule has 102 valence electrons. The molecule has 0 radical (unpaired) electrons. The number of aryl methyl sites for hydroxylation is 1. The predicted molar refractivity (Wildman–Crippen MR) is 81.0 cm³/mol. The minimum Gasteiger partial charge on any atom is -0.320 e. The summed E-state index contributed by atoms with van der Waals surface area (Å²) in [5, 5.41) is 3.22. The van der Waals surface area contributed by atoms with E-state index in [9.17, 15) is 0 Å². The largest absolute Gasteiger partial charge is 0.320 e. The highest BCUT2D eigenvalue weighted by molar-refractivity contribution is 5.22. The molecule has 0 spiro atoms. The normalized spacial score (nSPS) is 12.9. The first kappa shape index (κ1) is 15.2. The predicted octanol–water partition coefficient (Wildman–Crippen LogP) is 4.06. The van der Waals surface area contributed by atoms with Crippen molar-refractivity contribution in [3.8, 4) is 0 Å².